The first-order chi connectivity index (χ1) is 40.0. The quantitative estimate of drug-likeness (QED) is 0.157. The van der Waals surface area contributed by atoms with Gasteiger partial charge in [-0.2, -0.15) is 0 Å². The topological polar surface area (TPSA) is 14.8 Å². The molecule has 3 nitrogen and oxygen atoms in total. The Hall–Kier alpha value is -7.56. The molecule has 4 heteroatoms. The van der Waals surface area contributed by atoms with Crippen LogP contribution in [0.2, 0.25) is 0 Å². The number of nitrogens with zero attached hydrogens (tertiary/aromatic N) is 3. The second-order valence-electron chi connectivity index (χ2n) is 32.2. The third-order valence-electron chi connectivity index (χ3n) is 21.1. The summed E-state index contributed by atoms with van der Waals surface area (Å²) < 4.78 is 8.21. The summed E-state index contributed by atoms with van der Waals surface area (Å²) in [6.07, 6.45) is 0. The molecule has 1 spiro atoms. The van der Waals surface area contributed by atoms with Crippen molar-refractivity contribution in [3.05, 3.63) is 201 Å². The van der Waals surface area contributed by atoms with Crippen molar-refractivity contribution in [2.24, 2.45) is 0 Å². The average molecular weight is 1110 g/mol. The van der Waals surface area contributed by atoms with Gasteiger partial charge in [-0.15, -0.1) is 0 Å². The first-order valence-corrected chi connectivity index (χ1v) is 31.8. The van der Waals surface area contributed by atoms with E-state index in [1.807, 2.05) is 0 Å². The van der Waals surface area contributed by atoms with Gasteiger partial charge in [0.1, 0.15) is 0 Å². The highest BCUT2D eigenvalue weighted by Gasteiger charge is 2.56. The van der Waals surface area contributed by atoms with E-state index < -0.39 is 5.41 Å². The predicted octanol–water partition coefficient (Wildman–Crippen LogP) is 19.5. The van der Waals surface area contributed by atoms with Crippen LogP contribution in [0.4, 0.5) is 0 Å². The molecule has 424 valence electrons. The van der Waals surface area contributed by atoms with E-state index in [0.717, 1.165) is 0 Å². The SMILES string of the molecule is CC(C)c1ccc2c(c1)c1c3c4c(cc1n2-c1ccc(C(C)(C)C)cc1)c1cc(C(C)C)ccc1n4-c1ccc2c4c1B3c1cc(C(C)(C)C)cc3c5cc(C(C)(C)C)cc(c5n-4c13)C21c2cc(C(C)(C)C)ccc2-c2ccc(C(C)(C)C)cc21. The van der Waals surface area contributed by atoms with Gasteiger partial charge in [-0.25, -0.2) is 0 Å². The van der Waals surface area contributed by atoms with Crippen molar-refractivity contribution in [2.45, 2.75) is 176 Å². The molecule has 12 aromatic rings. The summed E-state index contributed by atoms with van der Waals surface area (Å²) in [5, 5.41) is 8.09. The van der Waals surface area contributed by atoms with Crippen molar-refractivity contribution in [3.63, 3.8) is 0 Å². The van der Waals surface area contributed by atoms with Crippen LogP contribution in [0.1, 0.15) is 205 Å². The second kappa shape index (κ2) is 16.5. The normalized spacial score (nSPS) is 15.0. The number of aromatic nitrogens is 3. The molecule has 0 bridgehead atoms. The molecule has 0 saturated heterocycles. The van der Waals surface area contributed by atoms with Gasteiger partial charge in [0.2, 0.25) is 0 Å². The fourth-order valence-electron chi connectivity index (χ4n) is 16.3. The lowest BCUT2D eigenvalue weighted by Crippen LogP contribution is -2.61. The van der Waals surface area contributed by atoms with Crippen LogP contribution in [0.25, 0.3) is 93.6 Å². The lowest BCUT2D eigenvalue weighted by Gasteiger charge is -2.45. The molecule has 0 radical (unpaired) electrons. The summed E-state index contributed by atoms with van der Waals surface area (Å²) in [7, 11) is 0. The van der Waals surface area contributed by atoms with Crippen molar-refractivity contribution >= 4 is 88.5 Å². The fraction of sp³-hybridized carbons (Fsp3) is 0.333. The molecule has 1 aliphatic carbocycles. The maximum Gasteiger partial charge on any atom is 0.253 e. The van der Waals surface area contributed by atoms with Gasteiger partial charge in [0.15, 0.2) is 0 Å². The zero-order valence-electron chi connectivity index (χ0n) is 53.9. The molecular formula is C81H82BN3. The van der Waals surface area contributed by atoms with Crippen LogP contribution in [0.5, 0.6) is 0 Å². The Kier molecular flexibility index (Phi) is 10.3. The van der Waals surface area contributed by atoms with Gasteiger partial charge in [-0.1, -0.05) is 210 Å². The standard InChI is InChI=1S/C81H82BN3/c1-43(2)45-20-31-65-55(34-45)58-42-68-69(59-35-46(44(3)4)21-32-66(59)83(68)52-26-22-47(23-27-52)76(5,6)7)71-74(58)84(65)67-33-30-60-75-70(67)82(71)64-41-51(80(17,18)19)37-57-56-36-50(79(14,15)16)40-63(72(56)85(75)73(57)64)81(60)61-38-48(77(8,9)10)24-28-53(61)54-29-25-49(39-62(54)81)78(11,12)13/h20-44H,1-19H3. The van der Waals surface area contributed by atoms with E-state index in [4.69, 9.17) is 0 Å². The number of hydrogen-bond donors (Lipinski definition) is 0. The lowest BCUT2D eigenvalue weighted by atomic mass is 9.33. The van der Waals surface area contributed by atoms with Crippen molar-refractivity contribution in [3.8, 4) is 28.2 Å². The van der Waals surface area contributed by atoms with Crippen LogP contribution >= 0.6 is 0 Å². The Bertz CT molecular complexity index is 4940. The van der Waals surface area contributed by atoms with Crippen LogP contribution in [-0.2, 0) is 32.5 Å². The Morgan fingerprint density at radius 2 is 0.847 bits per heavy atom. The summed E-state index contributed by atoms with van der Waals surface area (Å²) in [6, 6.07) is 58.0. The lowest BCUT2D eigenvalue weighted by molar-refractivity contribution is 0.583. The molecule has 0 fully saturated rings. The summed E-state index contributed by atoms with van der Waals surface area (Å²) in [6.45, 7) is 45.2. The fourth-order valence-corrected chi connectivity index (χ4v) is 16.3. The van der Waals surface area contributed by atoms with E-state index in [1.54, 1.807) is 0 Å². The van der Waals surface area contributed by atoms with E-state index in [9.17, 15) is 0 Å². The molecule has 0 unspecified atom stereocenters. The van der Waals surface area contributed by atoms with Crippen LogP contribution in [-0.4, -0.2) is 20.4 Å². The van der Waals surface area contributed by atoms with Crippen molar-refractivity contribution < 1.29 is 0 Å². The minimum absolute atomic E-state index is 0.0286. The maximum atomic E-state index is 2.84. The monoisotopic (exact) mass is 1110 g/mol. The van der Waals surface area contributed by atoms with Gasteiger partial charge in [0, 0.05) is 54.9 Å². The molecule has 9 aromatic carbocycles. The highest BCUT2D eigenvalue weighted by Crippen LogP contribution is 2.63. The van der Waals surface area contributed by atoms with Gasteiger partial charge in [-0.3, -0.25) is 0 Å². The van der Waals surface area contributed by atoms with E-state index >= 15 is 0 Å². The van der Waals surface area contributed by atoms with Gasteiger partial charge in [0.05, 0.1) is 33.0 Å². The third-order valence-corrected chi connectivity index (χ3v) is 21.1. The Morgan fingerprint density at radius 3 is 1.40 bits per heavy atom. The minimum Gasteiger partial charge on any atom is -0.310 e. The first kappa shape index (κ1) is 53.0. The summed E-state index contributed by atoms with van der Waals surface area (Å²) >= 11 is 0. The van der Waals surface area contributed by atoms with Gasteiger partial charge >= 0.3 is 0 Å². The van der Waals surface area contributed by atoms with Crippen LogP contribution in [0, 0.1) is 0 Å². The molecule has 6 heterocycles. The van der Waals surface area contributed by atoms with Crippen molar-refractivity contribution in [2.75, 3.05) is 0 Å². The highest BCUT2D eigenvalue weighted by atomic mass is 15.1. The molecule has 85 heavy (non-hydrogen) atoms. The van der Waals surface area contributed by atoms with Gasteiger partial charge < -0.3 is 13.7 Å². The number of rotatable bonds is 3. The Balaban J connectivity index is 1.18. The van der Waals surface area contributed by atoms with E-state index in [2.05, 4.69) is 285 Å². The number of benzene rings is 9. The smallest absolute Gasteiger partial charge is 0.253 e. The predicted molar refractivity (Wildman–Crippen MR) is 367 cm³/mol. The van der Waals surface area contributed by atoms with E-state index in [-0.39, 0.29) is 33.8 Å². The van der Waals surface area contributed by atoms with Crippen LogP contribution < -0.4 is 16.4 Å². The molecule has 0 saturated carbocycles. The van der Waals surface area contributed by atoms with Crippen LogP contribution in [0.15, 0.2) is 140 Å². The molecule has 0 atom stereocenters. The largest absolute Gasteiger partial charge is 0.310 e. The average Bonchev–Trinajstić information content (AvgIpc) is 1.54. The zero-order valence-corrected chi connectivity index (χ0v) is 53.9. The van der Waals surface area contributed by atoms with Gasteiger partial charge in [-0.05, 0) is 188 Å². The molecule has 4 aliphatic rings. The van der Waals surface area contributed by atoms with Crippen LogP contribution in [0.3, 0.4) is 0 Å². The Labute approximate surface area is 504 Å². The molecule has 0 N–H and O–H groups in total. The molecule has 3 aliphatic heterocycles. The Morgan fingerprint density at radius 1 is 0.353 bits per heavy atom. The zero-order chi connectivity index (χ0) is 59.6. The summed E-state index contributed by atoms with van der Waals surface area (Å²) in [4.78, 5) is 0. The van der Waals surface area contributed by atoms with Crippen molar-refractivity contribution in [1.82, 2.24) is 13.7 Å². The van der Waals surface area contributed by atoms with E-state index in [0.29, 0.717) is 11.8 Å². The molecular weight excluding hydrogens is 1030 g/mol. The van der Waals surface area contributed by atoms with Crippen molar-refractivity contribution in [1.29, 1.82) is 0 Å². The second-order valence-corrected chi connectivity index (χ2v) is 32.2. The number of fused-ring (bicyclic) bond motifs is 18. The van der Waals surface area contributed by atoms with Gasteiger partial charge in [0.25, 0.3) is 6.71 Å². The first-order valence-electron chi connectivity index (χ1n) is 31.8. The molecule has 0 amide bonds. The summed E-state index contributed by atoms with van der Waals surface area (Å²) in [5.41, 5.74) is 32.9. The maximum absolute atomic E-state index is 2.84. The minimum atomic E-state index is -0.649. The molecule has 16 rings (SSSR count). The molecule has 3 aromatic heterocycles. The highest BCUT2D eigenvalue weighted by molar-refractivity contribution is 7.02. The van der Waals surface area contributed by atoms with E-state index in [1.165, 1.54) is 171 Å². The third kappa shape index (κ3) is 6.81. The number of hydrogen-bond acceptors (Lipinski definition) is 0. The summed E-state index contributed by atoms with van der Waals surface area (Å²) in [5.74, 6) is 0.730.